The van der Waals surface area contributed by atoms with Crippen molar-refractivity contribution < 1.29 is 4.74 Å². The molecule has 0 unspecified atom stereocenters. The van der Waals surface area contributed by atoms with E-state index in [2.05, 4.69) is 38.9 Å². The topological polar surface area (TPSA) is 58.8 Å². The van der Waals surface area contributed by atoms with Crippen molar-refractivity contribution in [2.45, 2.75) is 19.8 Å². The first kappa shape index (κ1) is 13.5. The summed E-state index contributed by atoms with van der Waals surface area (Å²) in [5.41, 5.74) is 0.481. The Labute approximate surface area is 120 Å². The van der Waals surface area contributed by atoms with Gasteiger partial charge in [0.25, 0.3) is 0 Å². The SMILES string of the molecule is CCCc1nc(Br)cc(Oc2ccccc2C#N)n1. The highest BCUT2D eigenvalue weighted by Gasteiger charge is 2.07. The van der Waals surface area contributed by atoms with Crippen molar-refractivity contribution >= 4 is 15.9 Å². The summed E-state index contributed by atoms with van der Waals surface area (Å²) in [6, 6.07) is 10.8. The van der Waals surface area contributed by atoms with E-state index in [1.807, 2.05) is 6.07 Å². The number of benzene rings is 1. The molecule has 0 aliphatic heterocycles. The molecule has 0 aliphatic rings. The maximum atomic E-state index is 9.02. The van der Waals surface area contributed by atoms with Gasteiger partial charge in [-0.2, -0.15) is 10.2 Å². The average Bonchev–Trinajstić information content (AvgIpc) is 2.39. The number of hydrogen-bond acceptors (Lipinski definition) is 4. The Morgan fingerprint density at radius 2 is 2.11 bits per heavy atom. The minimum Gasteiger partial charge on any atom is -0.437 e. The van der Waals surface area contributed by atoms with E-state index < -0.39 is 0 Å². The molecule has 0 spiro atoms. The zero-order valence-electron chi connectivity index (χ0n) is 10.4. The molecule has 96 valence electrons. The Balaban J connectivity index is 2.30. The van der Waals surface area contributed by atoms with Gasteiger partial charge in [-0.1, -0.05) is 19.1 Å². The standard InChI is InChI=1S/C14H12BrN3O/c1-2-5-13-17-12(15)8-14(18-13)19-11-7-4-3-6-10(11)9-16/h3-4,6-8H,2,5H2,1H3. The lowest BCUT2D eigenvalue weighted by Crippen LogP contribution is -1.98. The average molecular weight is 318 g/mol. The lowest BCUT2D eigenvalue weighted by Gasteiger charge is -2.07. The summed E-state index contributed by atoms with van der Waals surface area (Å²) in [6.07, 6.45) is 1.75. The highest BCUT2D eigenvalue weighted by molar-refractivity contribution is 9.10. The predicted molar refractivity (Wildman–Crippen MR) is 75.0 cm³/mol. The Hall–Kier alpha value is -1.93. The van der Waals surface area contributed by atoms with Crippen LogP contribution >= 0.6 is 15.9 Å². The number of rotatable bonds is 4. The van der Waals surface area contributed by atoms with E-state index in [0.717, 1.165) is 18.7 Å². The lowest BCUT2D eigenvalue weighted by atomic mass is 10.2. The minimum absolute atomic E-state index is 0.438. The molecule has 0 atom stereocenters. The molecule has 0 fully saturated rings. The van der Waals surface area contributed by atoms with Gasteiger partial charge in [-0.25, -0.2) is 4.98 Å². The fourth-order valence-corrected chi connectivity index (χ4v) is 1.99. The van der Waals surface area contributed by atoms with Gasteiger partial charge in [0.05, 0.1) is 5.56 Å². The fourth-order valence-electron chi connectivity index (χ4n) is 1.59. The van der Waals surface area contributed by atoms with Crippen LogP contribution in [0.3, 0.4) is 0 Å². The smallest absolute Gasteiger partial charge is 0.223 e. The maximum absolute atomic E-state index is 9.02. The largest absolute Gasteiger partial charge is 0.437 e. The van der Waals surface area contributed by atoms with Gasteiger partial charge in [0.1, 0.15) is 22.2 Å². The number of ether oxygens (including phenoxy) is 1. The monoisotopic (exact) mass is 317 g/mol. The zero-order valence-corrected chi connectivity index (χ0v) is 12.0. The number of nitriles is 1. The summed E-state index contributed by atoms with van der Waals surface area (Å²) in [6.45, 7) is 2.07. The van der Waals surface area contributed by atoms with Gasteiger partial charge >= 0.3 is 0 Å². The number of aromatic nitrogens is 2. The van der Waals surface area contributed by atoms with Gasteiger partial charge in [0, 0.05) is 12.5 Å². The van der Waals surface area contributed by atoms with Crippen molar-refractivity contribution in [3.63, 3.8) is 0 Å². The van der Waals surface area contributed by atoms with Crippen molar-refractivity contribution in [1.29, 1.82) is 5.26 Å². The normalized spacial score (nSPS) is 9.95. The summed E-state index contributed by atoms with van der Waals surface area (Å²) in [4.78, 5) is 8.59. The van der Waals surface area contributed by atoms with Crippen molar-refractivity contribution in [3.8, 4) is 17.7 Å². The van der Waals surface area contributed by atoms with Crippen LogP contribution < -0.4 is 4.74 Å². The predicted octanol–water partition coefficient (Wildman–Crippen LogP) is 3.86. The van der Waals surface area contributed by atoms with E-state index in [-0.39, 0.29) is 0 Å². The molecule has 0 aliphatic carbocycles. The van der Waals surface area contributed by atoms with Gasteiger partial charge in [-0.15, -0.1) is 0 Å². The molecule has 0 N–H and O–H groups in total. The van der Waals surface area contributed by atoms with Gasteiger partial charge in [0.2, 0.25) is 5.88 Å². The third-order valence-electron chi connectivity index (χ3n) is 2.41. The molecule has 1 aromatic heterocycles. The zero-order chi connectivity index (χ0) is 13.7. The highest BCUT2D eigenvalue weighted by Crippen LogP contribution is 2.25. The molecule has 0 amide bonds. The molecule has 0 bridgehead atoms. The number of hydrogen-bond donors (Lipinski definition) is 0. The van der Waals surface area contributed by atoms with E-state index >= 15 is 0 Å². The molecule has 5 heteroatoms. The molecule has 2 rings (SSSR count). The van der Waals surface area contributed by atoms with E-state index in [0.29, 0.717) is 21.8 Å². The molecule has 19 heavy (non-hydrogen) atoms. The van der Waals surface area contributed by atoms with Crippen LogP contribution in [-0.2, 0) is 6.42 Å². The molecule has 0 saturated carbocycles. The number of aryl methyl sites for hydroxylation is 1. The van der Waals surface area contributed by atoms with Crippen LogP contribution in [0.1, 0.15) is 24.7 Å². The Morgan fingerprint density at radius 1 is 1.32 bits per heavy atom. The summed E-state index contributed by atoms with van der Waals surface area (Å²) in [5.74, 6) is 1.66. The van der Waals surface area contributed by atoms with Crippen molar-refractivity contribution in [3.05, 3.63) is 46.3 Å². The first-order valence-electron chi connectivity index (χ1n) is 5.93. The molecular weight excluding hydrogens is 306 g/mol. The second-order valence-corrected chi connectivity index (χ2v) is 4.72. The molecular formula is C14H12BrN3O. The van der Waals surface area contributed by atoms with E-state index in [4.69, 9.17) is 10.00 Å². The number of para-hydroxylation sites is 1. The van der Waals surface area contributed by atoms with Crippen molar-refractivity contribution in [2.75, 3.05) is 0 Å². The molecule has 4 nitrogen and oxygen atoms in total. The third kappa shape index (κ3) is 3.52. The van der Waals surface area contributed by atoms with Gasteiger partial charge in [-0.3, -0.25) is 0 Å². The second-order valence-electron chi connectivity index (χ2n) is 3.91. The molecule has 0 saturated heterocycles. The fraction of sp³-hybridized carbons (Fsp3) is 0.214. The Kier molecular flexibility index (Phi) is 4.48. The van der Waals surface area contributed by atoms with Gasteiger partial charge < -0.3 is 4.74 Å². The molecule has 1 aromatic carbocycles. The third-order valence-corrected chi connectivity index (χ3v) is 2.82. The summed E-state index contributed by atoms with van der Waals surface area (Å²) < 4.78 is 6.34. The van der Waals surface area contributed by atoms with E-state index in [9.17, 15) is 0 Å². The minimum atomic E-state index is 0.438. The summed E-state index contributed by atoms with van der Waals surface area (Å²) in [7, 11) is 0. The first-order valence-corrected chi connectivity index (χ1v) is 6.72. The van der Waals surface area contributed by atoms with Crippen LogP contribution in [0, 0.1) is 11.3 Å². The van der Waals surface area contributed by atoms with Crippen LogP contribution in [0.25, 0.3) is 0 Å². The van der Waals surface area contributed by atoms with Crippen LogP contribution in [-0.4, -0.2) is 9.97 Å². The Bertz CT molecular complexity index is 622. The summed E-state index contributed by atoms with van der Waals surface area (Å²) >= 11 is 3.34. The quantitative estimate of drug-likeness (QED) is 0.803. The molecule has 2 aromatic rings. The van der Waals surface area contributed by atoms with Crippen molar-refractivity contribution in [1.82, 2.24) is 9.97 Å². The van der Waals surface area contributed by atoms with Crippen LogP contribution in [0.4, 0.5) is 0 Å². The molecule has 1 heterocycles. The second kappa shape index (κ2) is 6.30. The maximum Gasteiger partial charge on any atom is 0.223 e. The Morgan fingerprint density at radius 3 is 2.84 bits per heavy atom. The van der Waals surface area contributed by atoms with Gasteiger partial charge in [0.15, 0.2) is 0 Å². The van der Waals surface area contributed by atoms with E-state index in [1.54, 1.807) is 24.3 Å². The number of nitrogens with zero attached hydrogens (tertiary/aromatic N) is 3. The van der Waals surface area contributed by atoms with E-state index in [1.165, 1.54) is 0 Å². The van der Waals surface area contributed by atoms with Gasteiger partial charge in [-0.05, 0) is 34.5 Å². The highest BCUT2D eigenvalue weighted by atomic mass is 79.9. The first-order chi connectivity index (χ1) is 9.22. The van der Waals surface area contributed by atoms with Crippen LogP contribution in [0.2, 0.25) is 0 Å². The number of halogens is 1. The molecule has 0 radical (unpaired) electrons. The van der Waals surface area contributed by atoms with Crippen molar-refractivity contribution in [2.24, 2.45) is 0 Å². The van der Waals surface area contributed by atoms with Crippen LogP contribution in [0.5, 0.6) is 11.6 Å². The lowest BCUT2D eigenvalue weighted by molar-refractivity contribution is 0.456. The van der Waals surface area contributed by atoms with Crippen LogP contribution in [0.15, 0.2) is 34.9 Å². The summed E-state index contributed by atoms with van der Waals surface area (Å²) in [5, 5.41) is 9.02.